The van der Waals surface area contributed by atoms with E-state index in [0.29, 0.717) is 15.8 Å². The van der Waals surface area contributed by atoms with Gasteiger partial charge in [-0.1, -0.05) is 69.5 Å². The summed E-state index contributed by atoms with van der Waals surface area (Å²) in [6.07, 6.45) is 2.08. The lowest BCUT2D eigenvalue weighted by Crippen LogP contribution is -2.06. The van der Waals surface area contributed by atoms with E-state index in [0.717, 1.165) is 17.9 Å². The molecule has 0 amide bonds. The summed E-state index contributed by atoms with van der Waals surface area (Å²) >= 11 is 16.0. The second-order valence-corrected chi connectivity index (χ2v) is 6.83. The maximum Gasteiger partial charge on any atom is 0.0452 e. The van der Waals surface area contributed by atoms with Gasteiger partial charge in [0.1, 0.15) is 0 Å². The van der Waals surface area contributed by atoms with Gasteiger partial charge in [-0.25, -0.2) is 0 Å². The van der Waals surface area contributed by atoms with E-state index in [-0.39, 0.29) is 0 Å². The summed E-state index contributed by atoms with van der Waals surface area (Å²) in [5, 5.41) is 1.46. The molecule has 0 spiro atoms. The third-order valence-corrected chi connectivity index (χ3v) is 5.57. The van der Waals surface area contributed by atoms with Gasteiger partial charge in [0.2, 0.25) is 0 Å². The van der Waals surface area contributed by atoms with E-state index in [1.165, 1.54) is 16.7 Å². The second-order valence-electron chi connectivity index (χ2n) is 5.00. The predicted molar refractivity (Wildman–Crippen MR) is 85.5 cm³/mol. The Morgan fingerprint density at radius 1 is 1.11 bits per heavy atom. The maximum absolute atomic E-state index is 6.27. The summed E-state index contributed by atoms with van der Waals surface area (Å²) in [6.45, 7) is 0. The minimum Gasteiger partial charge on any atom is -0.0843 e. The van der Waals surface area contributed by atoms with Crippen molar-refractivity contribution in [2.45, 2.75) is 17.7 Å². The molecule has 0 fully saturated rings. The molecule has 0 radical (unpaired) electrons. The zero-order chi connectivity index (χ0) is 13.4. The van der Waals surface area contributed by atoms with Crippen LogP contribution in [0.2, 0.25) is 10.0 Å². The molecular weight excluding hydrogens is 343 g/mol. The molecular formula is C16H13BrCl2. The van der Waals surface area contributed by atoms with Crippen LogP contribution in [0.1, 0.15) is 21.5 Å². The molecule has 0 heterocycles. The largest absolute Gasteiger partial charge is 0.0843 e. The average molecular weight is 356 g/mol. The van der Waals surface area contributed by atoms with Crippen LogP contribution < -0.4 is 0 Å². The molecule has 98 valence electrons. The Bertz CT molecular complexity index is 609. The van der Waals surface area contributed by atoms with Crippen molar-refractivity contribution in [3.63, 3.8) is 0 Å². The Balaban J connectivity index is 1.83. The first kappa shape index (κ1) is 13.5. The quantitative estimate of drug-likeness (QED) is 0.593. The van der Waals surface area contributed by atoms with Gasteiger partial charge in [-0.2, -0.15) is 0 Å². The van der Waals surface area contributed by atoms with E-state index in [1.807, 2.05) is 18.2 Å². The fourth-order valence-electron chi connectivity index (χ4n) is 2.77. The van der Waals surface area contributed by atoms with Gasteiger partial charge < -0.3 is 0 Å². The van der Waals surface area contributed by atoms with Gasteiger partial charge in [0.05, 0.1) is 0 Å². The molecule has 2 aromatic carbocycles. The van der Waals surface area contributed by atoms with Crippen molar-refractivity contribution >= 4 is 39.1 Å². The van der Waals surface area contributed by atoms with E-state index in [1.54, 1.807) is 0 Å². The molecule has 3 rings (SSSR count). The monoisotopic (exact) mass is 354 g/mol. The molecule has 0 saturated carbocycles. The molecule has 1 aliphatic carbocycles. The van der Waals surface area contributed by atoms with Crippen LogP contribution in [-0.4, -0.2) is 0 Å². The number of hydrogen-bond acceptors (Lipinski definition) is 0. The highest BCUT2D eigenvalue weighted by Crippen LogP contribution is 2.44. The van der Waals surface area contributed by atoms with E-state index < -0.39 is 0 Å². The Morgan fingerprint density at radius 3 is 2.63 bits per heavy atom. The smallest absolute Gasteiger partial charge is 0.0452 e. The van der Waals surface area contributed by atoms with Gasteiger partial charge in [0.25, 0.3) is 0 Å². The maximum atomic E-state index is 6.27. The van der Waals surface area contributed by atoms with E-state index in [9.17, 15) is 0 Å². The van der Waals surface area contributed by atoms with Gasteiger partial charge in [0.15, 0.2) is 0 Å². The Morgan fingerprint density at radius 2 is 1.89 bits per heavy atom. The van der Waals surface area contributed by atoms with Crippen LogP contribution in [0.5, 0.6) is 0 Å². The first-order valence-corrected chi connectivity index (χ1v) is 7.98. The first-order valence-electron chi connectivity index (χ1n) is 6.31. The van der Waals surface area contributed by atoms with Crippen LogP contribution in [0.3, 0.4) is 0 Å². The molecule has 3 heteroatoms. The highest BCUT2D eigenvalue weighted by Gasteiger charge is 2.30. The Labute approximate surface area is 131 Å². The van der Waals surface area contributed by atoms with E-state index in [2.05, 4.69) is 40.2 Å². The fraction of sp³-hybridized carbons (Fsp3) is 0.250. The number of alkyl halides is 1. The molecule has 0 N–H and O–H groups in total. The van der Waals surface area contributed by atoms with Crippen LogP contribution >= 0.6 is 39.1 Å². The first-order chi connectivity index (χ1) is 9.15. The minimum atomic E-state index is 0.412. The number of benzene rings is 2. The van der Waals surface area contributed by atoms with Gasteiger partial charge in [-0.15, -0.1) is 0 Å². The minimum absolute atomic E-state index is 0.412. The topological polar surface area (TPSA) is 0 Å². The standard InChI is InChI=1S/C16H13BrCl2/c17-16-12(7-10-3-1-2-4-14(10)16)8-11-5-6-13(18)9-15(11)19/h1-6,9,12,16H,7-8H2. The fourth-order valence-corrected chi connectivity index (χ4v) is 4.08. The number of hydrogen-bond donors (Lipinski definition) is 0. The molecule has 2 atom stereocenters. The van der Waals surface area contributed by atoms with Crippen LogP contribution in [0.4, 0.5) is 0 Å². The van der Waals surface area contributed by atoms with Crippen LogP contribution in [-0.2, 0) is 12.8 Å². The van der Waals surface area contributed by atoms with Crippen molar-refractivity contribution in [2.24, 2.45) is 5.92 Å². The molecule has 0 nitrogen and oxygen atoms in total. The normalized spacial score (nSPS) is 21.4. The highest BCUT2D eigenvalue weighted by atomic mass is 79.9. The lowest BCUT2D eigenvalue weighted by atomic mass is 9.96. The van der Waals surface area contributed by atoms with Crippen LogP contribution in [0.15, 0.2) is 42.5 Å². The van der Waals surface area contributed by atoms with Gasteiger partial charge in [-0.05, 0) is 47.6 Å². The predicted octanol–water partition coefficient (Wildman–Crippen LogP) is 5.84. The van der Waals surface area contributed by atoms with E-state index >= 15 is 0 Å². The summed E-state index contributed by atoms with van der Waals surface area (Å²) in [5.41, 5.74) is 4.03. The van der Waals surface area contributed by atoms with Crippen molar-refractivity contribution in [3.8, 4) is 0 Å². The molecule has 19 heavy (non-hydrogen) atoms. The summed E-state index contributed by atoms with van der Waals surface area (Å²) < 4.78 is 0. The zero-order valence-electron chi connectivity index (χ0n) is 10.2. The van der Waals surface area contributed by atoms with Crippen molar-refractivity contribution in [2.75, 3.05) is 0 Å². The Kier molecular flexibility index (Phi) is 3.88. The second kappa shape index (κ2) is 5.47. The molecule has 2 unspecified atom stereocenters. The highest BCUT2D eigenvalue weighted by molar-refractivity contribution is 9.09. The third-order valence-electron chi connectivity index (χ3n) is 3.75. The molecule has 2 aromatic rings. The zero-order valence-corrected chi connectivity index (χ0v) is 13.3. The number of rotatable bonds is 2. The summed E-state index contributed by atoms with van der Waals surface area (Å²) in [4.78, 5) is 0.412. The van der Waals surface area contributed by atoms with Crippen molar-refractivity contribution in [1.82, 2.24) is 0 Å². The van der Waals surface area contributed by atoms with Crippen LogP contribution in [0.25, 0.3) is 0 Å². The van der Waals surface area contributed by atoms with Crippen LogP contribution in [0, 0.1) is 5.92 Å². The van der Waals surface area contributed by atoms with E-state index in [4.69, 9.17) is 23.2 Å². The summed E-state index contributed by atoms with van der Waals surface area (Å²) in [6, 6.07) is 14.4. The number of fused-ring (bicyclic) bond motifs is 1. The SMILES string of the molecule is Clc1ccc(CC2Cc3ccccc3C2Br)c(Cl)c1. The summed E-state index contributed by atoms with van der Waals surface area (Å²) in [5.74, 6) is 0.552. The van der Waals surface area contributed by atoms with Gasteiger partial charge in [0, 0.05) is 14.9 Å². The summed E-state index contributed by atoms with van der Waals surface area (Å²) in [7, 11) is 0. The molecule has 0 bridgehead atoms. The average Bonchev–Trinajstić information content (AvgIpc) is 2.70. The molecule has 0 aromatic heterocycles. The van der Waals surface area contributed by atoms with Gasteiger partial charge >= 0.3 is 0 Å². The Hall–Kier alpha value is -0.500. The third kappa shape index (κ3) is 2.69. The van der Waals surface area contributed by atoms with Crippen molar-refractivity contribution < 1.29 is 0 Å². The lowest BCUT2D eigenvalue weighted by molar-refractivity contribution is 0.555. The van der Waals surface area contributed by atoms with Crippen molar-refractivity contribution in [3.05, 3.63) is 69.2 Å². The van der Waals surface area contributed by atoms with Gasteiger partial charge in [-0.3, -0.25) is 0 Å². The molecule has 0 aliphatic heterocycles. The molecule has 0 saturated heterocycles. The lowest BCUT2D eigenvalue weighted by Gasteiger charge is -2.15. The number of halogens is 3. The van der Waals surface area contributed by atoms with Crippen molar-refractivity contribution in [1.29, 1.82) is 0 Å². The molecule has 1 aliphatic rings.